The predicted octanol–water partition coefficient (Wildman–Crippen LogP) is 2.46. The molecule has 2 rings (SSSR count). The Labute approximate surface area is 114 Å². The number of nitrogens with zero attached hydrogens (tertiary/aromatic N) is 3. The van der Waals surface area contributed by atoms with E-state index in [1.807, 2.05) is 37.8 Å². The van der Waals surface area contributed by atoms with Crippen LogP contribution in [0.3, 0.4) is 0 Å². The Balaban J connectivity index is 2.12. The van der Waals surface area contributed by atoms with Gasteiger partial charge in [0.15, 0.2) is 0 Å². The predicted molar refractivity (Wildman–Crippen MR) is 72.6 cm³/mol. The van der Waals surface area contributed by atoms with E-state index in [-0.39, 0.29) is 11.3 Å². The number of aromatic nitrogens is 1. The van der Waals surface area contributed by atoms with Crippen molar-refractivity contribution in [3.63, 3.8) is 0 Å². The van der Waals surface area contributed by atoms with Crippen molar-refractivity contribution in [3.8, 4) is 6.07 Å². The summed E-state index contributed by atoms with van der Waals surface area (Å²) in [6, 6.07) is 6.06. The summed E-state index contributed by atoms with van der Waals surface area (Å²) in [5, 5.41) is 9.10. The minimum atomic E-state index is -0.280. The summed E-state index contributed by atoms with van der Waals surface area (Å²) in [6.45, 7) is 7.05. The zero-order valence-electron chi connectivity index (χ0n) is 11.7. The van der Waals surface area contributed by atoms with Gasteiger partial charge in [-0.25, -0.2) is 0 Å². The highest BCUT2D eigenvalue weighted by Crippen LogP contribution is 2.30. The molecule has 1 aromatic heterocycles. The zero-order valence-corrected chi connectivity index (χ0v) is 11.7. The molecule has 0 unspecified atom stereocenters. The van der Waals surface area contributed by atoms with Crippen LogP contribution in [-0.4, -0.2) is 28.9 Å². The van der Waals surface area contributed by atoms with Crippen molar-refractivity contribution in [2.24, 2.45) is 5.41 Å². The summed E-state index contributed by atoms with van der Waals surface area (Å²) in [7, 11) is 0. The minimum absolute atomic E-state index is 0.0324. The van der Waals surface area contributed by atoms with E-state index in [0.29, 0.717) is 18.7 Å². The maximum Gasteiger partial charge on any atom is 0.255 e. The number of nitriles is 1. The standard InChI is InChI=1S/C15H19N3O/c1-11-4-5-13(12(2)17-11)14(19)18-8-6-15(3,10-16)7-9-18/h4-5H,6-9H2,1-3H3. The highest BCUT2D eigenvalue weighted by Gasteiger charge is 2.32. The van der Waals surface area contributed by atoms with Gasteiger partial charge >= 0.3 is 0 Å². The quantitative estimate of drug-likeness (QED) is 0.776. The van der Waals surface area contributed by atoms with Crippen molar-refractivity contribution >= 4 is 5.91 Å². The Bertz CT molecular complexity index is 537. The first-order valence-corrected chi connectivity index (χ1v) is 6.60. The van der Waals surface area contributed by atoms with Crippen molar-refractivity contribution in [2.45, 2.75) is 33.6 Å². The summed E-state index contributed by atoms with van der Waals surface area (Å²) in [6.07, 6.45) is 1.49. The number of pyridine rings is 1. The van der Waals surface area contributed by atoms with Crippen LogP contribution < -0.4 is 0 Å². The smallest absolute Gasteiger partial charge is 0.255 e. The number of amides is 1. The molecule has 1 saturated heterocycles. The van der Waals surface area contributed by atoms with E-state index < -0.39 is 0 Å². The van der Waals surface area contributed by atoms with Gasteiger partial charge in [0.2, 0.25) is 0 Å². The molecule has 0 saturated carbocycles. The van der Waals surface area contributed by atoms with Crippen LogP contribution >= 0.6 is 0 Å². The lowest BCUT2D eigenvalue weighted by atomic mass is 9.82. The van der Waals surface area contributed by atoms with Crippen molar-refractivity contribution in [3.05, 3.63) is 29.1 Å². The Hall–Kier alpha value is -1.89. The van der Waals surface area contributed by atoms with Gasteiger partial charge < -0.3 is 4.90 Å². The Morgan fingerprint density at radius 3 is 2.53 bits per heavy atom. The first-order valence-electron chi connectivity index (χ1n) is 6.60. The molecule has 2 heterocycles. The summed E-state index contributed by atoms with van der Waals surface area (Å²) in [5.74, 6) is 0.0324. The van der Waals surface area contributed by atoms with Crippen molar-refractivity contribution < 1.29 is 4.79 Å². The van der Waals surface area contributed by atoms with Gasteiger partial charge in [0, 0.05) is 18.8 Å². The first kappa shape index (κ1) is 13.5. The fraction of sp³-hybridized carbons (Fsp3) is 0.533. The molecule has 4 nitrogen and oxygen atoms in total. The summed E-state index contributed by atoms with van der Waals surface area (Å²) >= 11 is 0. The SMILES string of the molecule is Cc1ccc(C(=O)N2CCC(C)(C#N)CC2)c(C)n1. The molecule has 1 fully saturated rings. The Morgan fingerprint density at radius 2 is 2.00 bits per heavy atom. The molecule has 100 valence electrons. The summed E-state index contributed by atoms with van der Waals surface area (Å²) in [4.78, 5) is 18.6. The van der Waals surface area contributed by atoms with E-state index >= 15 is 0 Å². The third kappa shape index (κ3) is 2.76. The number of carbonyl (C=O) groups is 1. The number of aryl methyl sites for hydroxylation is 2. The molecule has 1 aromatic rings. The fourth-order valence-electron chi connectivity index (χ4n) is 2.40. The number of hydrogen-bond donors (Lipinski definition) is 0. The molecular formula is C15H19N3O. The number of likely N-dealkylation sites (tertiary alicyclic amines) is 1. The van der Waals surface area contributed by atoms with Gasteiger partial charge in [0.25, 0.3) is 5.91 Å². The minimum Gasteiger partial charge on any atom is -0.338 e. The van der Waals surface area contributed by atoms with E-state index in [1.54, 1.807) is 0 Å². The van der Waals surface area contributed by atoms with Gasteiger partial charge in [-0.15, -0.1) is 0 Å². The van der Waals surface area contributed by atoms with Gasteiger partial charge in [-0.3, -0.25) is 9.78 Å². The van der Waals surface area contributed by atoms with Gasteiger partial charge in [-0.1, -0.05) is 0 Å². The molecule has 1 amide bonds. The Kier molecular flexibility index (Phi) is 3.57. The van der Waals surface area contributed by atoms with E-state index in [0.717, 1.165) is 24.2 Å². The monoisotopic (exact) mass is 257 g/mol. The normalized spacial score (nSPS) is 17.9. The van der Waals surface area contributed by atoms with Crippen molar-refractivity contribution in [1.29, 1.82) is 5.26 Å². The lowest BCUT2D eigenvalue weighted by Gasteiger charge is -2.35. The highest BCUT2D eigenvalue weighted by molar-refractivity contribution is 5.95. The average Bonchev–Trinajstić information content (AvgIpc) is 2.39. The van der Waals surface area contributed by atoms with Crippen LogP contribution in [0.1, 0.15) is 41.5 Å². The van der Waals surface area contributed by atoms with Crippen LogP contribution in [0.4, 0.5) is 0 Å². The second-order valence-electron chi connectivity index (χ2n) is 5.55. The first-order chi connectivity index (χ1) is 8.95. The number of rotatable bonds is 1. The lowest BCUT2D eigenvalue weighted by molar-refractivity contribution is 0.0660. The van der Waals surface area contributed by atoms with Crippen LogP contribution in [0.2, 0.25) is 0 Å². The molecule has 0 spiro atoms. The summed E-state index contributed by atoms with van der Waals surface area (Å²) in [5.41, 5.74) is 2.09. The molecule has 1 aliphatic rings. The third-order valence-corrected chi connectivity index (χ3v) is 3.88. The van der Waals surface area contributed by atoms with Gasteiger partial charge in [-0.2, -0.15) is 5.26 Å². The molecule has 1 aliphatic heterocycles. The third-order valence-electron chi connectivity index (χ3n) is 3.88. The van der Waals surface area contributed by atoms with Gasteiger partial charge in [0.1, 0.15) is 0 Å². The van der Waals surface area contributed by atoms with Crippen LogP contribution in [0.5, 0.6) is 0 Å². The van der Waals surface area contributed by atoms with Crippen LogP contribution in [0.25, 0.3) is 0 Å². The second kappa shape index (κ2) is 5.00. The maximum atomic E-state index is 12.4. The van der Waals surface area contributed by atoms with Crippen molar-refractivity contribution in [2.75, 3.05) is 13.1 Å². The van der Waals surface area contributed by atoms with E-state index in [4.69, 9.17) is 5.26 Å². The molecule has 19 heavy (non-hydrogen) atoms. The maximum absolute atomic E-state index is 12.4. The molecule has 4 heteroatoms. The lowest BCUT2D eigenvalue weighted by Crippen LogP contribution is -2.41. The second-order valence-corrected chi connectivity index (χ2v) is 5.55. The summed E-state index contributed by atoms with van der Waals surface area (Å²) < 4.78 is 0. The topological polar surface area (TPSA) is 57.0 Å². The number of carbonyl (C=O) groups excluding carboxylic acids is 1. The van der Waals surface area contributed by atoms with E-state index in [2.05, 4.69) is 11.1 Å². The van der Waals surface area contributed by atoms with Gasteiger partial charge in [0.05, 0.1) is 22.7 Å². The molecule has 0 aromatic carbocycles. The molecule has 0 bridgehead atoms. The fourth-order valence-corrected chi connectivity index (χ4v) is 2.40. The van der Waals surface area contributed by atoms with E-state index in [9.17, 15) is 4.79 Å². The molecule has 0 radical (unpaired) electrons. The molecule has 0 N–H and O–H groups in total. The largest absolute Gasteiger partial charge is 0.338 e. The van der Waals surface area contributed by atoms with Crippen LogP contribution in [0, 0.1) is 30.6 Å². The van der Waals surface area contributed by atoms with Crippen molar-refractivity contribution in [1.82, 2.24) is 9.88 Å². The van der Waals surface area contributed by atoms with Gasteiger partial charge in [-0.05, 0) is 45.7 Å². The Morgan fingerprint density at radius 1 is 1.37 bits per heavy atom. The number of hydrogen-bond acceptors (Lipinski definition) is 3. The number of piperidine rings is 1. The van der Waals surface area contributed by atoms with Crippen LogP contribution in [0.15, 0.2) is 12.1 Å². The highest BCUT2D eigenvalue weighted by atomic mass is 16.2. The van der Waals surface area contributed by atoms with E-state index in [1.165, 1.54) is 0 Å². The zero-order chi connectivity index (χ0) is 14.0. The average molecular weight is 257 g/mol. The molecule has 0 aliphatic carbocycles. The molecule has 0 atom stereocenters. The van der Waals surface area contributed by atoms with Crippen LogP contribution in [-0.2, 0) is 0 Å². The molecular weight excluding hydrogens is 238 g/mol.